The third-order valence-electron chi connectivity index (χ3n) is 8.89. The first kappa shape index (κ1) is 30.7. The number of nitrogens with one attached hydrogen (secondary N) is 1. The number of nitrogens with zero attached hydrogens (tertiary/aromatic N) is 3. The van der Waals surface area contributed by atoms with Gasteiger partial charge in [0.25, 0.3) is 5.91 Å². The zero-order valence-corrected chi connectivity index (χ0v) is 25.1. The van der Waals surface area contributed by atoms with Crippen LogP contribution in [0.3, 0.4) is 0 Å². The van der Waals surface area contributed by atoms with Crippen molar-refractivity contribution >= 4 is 35.1 Å². The van der Waals surface area contributed by atoms with Crippen molar-refractivity contribution in [2.24, 2.45) is 11.8 Å². The molecule has 5 rings (SSSR count). The summed E-state index contributed by atoms with van der Waals surface area (Å²) in [6.45, 7) is 7.88. The fraction of sp³-hybridized carbons (Fsp3) is 0.562. The van der Waals surface area contributed by atoms with Gasteiger partial charge in [-0.3, -0.25) is 19.2 Å². The monoisotopic (exact) mass is 594 g/mol. The molecule has 232 valence electrons. The lowest BCUT2D eigenvalue weighted by molar-refractivity contribution is -0.158. The second-order valence-corrected chi connectivity index (χ2v) is 11.5. The van der Waals surface area contributed by atoms with Crippen LogP contribution in [0.15, 0.2) is 48.6 Å². The van der Waals surface area contributed by atoms with Crippen LogP contribution in [-0.4, -0.2) is 96.9 Å². The number of aliphatic hydroxyl groups is 1. The fourth-order valence-corrected chi connectivity index (χ4v) is 6.78. The van der Waals surface area contributed by atoms with Gasteiger partial charge >= 0.3 is 5.97 Å². The Bertz CT molecular complexity index is 1280. The van der Waals surface area contributed by atoms with E-state index in [1.165, 1.54) is 4.90 Å². The molecule has 0 aromatic heterocycles. The predicted octanol–water partition coefficient (Wildman–Crippen LogP) is 1.80. The van der Waals surface area contributed by atoms with E-state index in [1.807, 2.05) is 36.4 Å². The van der Waals surface area contributed by atoms with E-state index in [9.17, 15) is 24.3 Å². The Morgan fingerprint density at radius 2 is 1.81 bits per heavy atom. The molecule has 4 aliphatic rings. The number of hydrogen-bond donors (Lipinski definition) is 2. The Balaban J connectivity index is 1.56. The highest BCUT2D eigenvalue weighted by Crippen LogP contribution is 2.55. The summed E-state index contributed by atoms with van der Waals surface area (Å²) in [7, 11) is 0. The summed E-state index contributed by atoms with van der Waals surface area (Å²) in [4.78, 5) is 59.9. The number of rotatable bonds is 7. The van der Waals surface area contributed by atoms with Gasteiger partial charge in [0, 0.05) is 50.6 Å². The van der Waals surface area contributed by atoms with E-state index < -0.39 is 41.7 Å². The standard InChI is InChI=1S/C32H42N4O7/c1-4-34(5-2)22-11-13-23(14-12-22)35-17-8-6-7-10-25(38)33-20-21(3)42-31(41)26-24-15-16-32(43-24)27(26)29(39)36(18-9-19-37)28(32)30(35)40/h6,8,11-16,21,24,26-28,37H,4-5,7,9-10,17-20H2,1-3H3,(H,33,38)/b8-6-/t21-,24+,26-,27-,28+,32-/m1/s1. The second kappa shape index (κ2) is 12.9. The van der Waals surface area contributed by atoms with Crippen LogP contribution in [0.1, 0.15) is 40.0 Å². The predicted molar refractivity (Wildman–Crippen MR) is 160 cm³/mol. The number of allylic oxidation sites excluding steroid dienone is 1. The lowest BCUT2D eigenvalue weighted by atomic mass is 9.74. The number of cyclic esters (lactones) is 1. The van der Waals surface area contributed by atoms with Gasteiger partial charge in [0.2, 0.25) is 11.8 Å². The minimum absolute atomic E-state index is 0.140. The van der Waals surface area contributed by atoms with Crippen molar-refractivity contribution in [1.82, 2.24) is 10.2 Å². The highest BCUT2D eigenvalue weighted by Gasteiger charge is 2.73. The van der Waals surface area contributed by atoms with Crippen LogP contribution in [-0.2, 0) is 28.7 Å². The van der Waals surface area contributed by atoms with Crippen molar-refractivity contribution in [2.75, 3.05) is 49.1 Å². The number of esters is 1. The molecule has 11 nitrogen and oxygen atoms in total. The number of ether oxygens (including phenoxy) is 2. The van der Waals surface area contributed by atoms with E-state index in [1.54, 1.807) is 24.0 Å². The van der Waals surface area contributed by atoms with Gasteiger partial charge in [0.1, 0.15) is 23.7 Å². The highest BCUT2D eigenvalue weighted by molar-refractivity contribution is 6.05. The summed E-state index contributed by atoms with van der Waals surface area (Å²) in [5, 5.41) is 12.4. The number of benzene rings is 1. The molecule has 2 saturated heterocycles. The molecule has 0 aliphatic carbocycles. The summed E-state index contributed by atoms with van der Waals surface area (Å²) < 4.78 is 12.1. The number of hydrogen-bond acceptors (Lipinski definition) is 8. The molecular formula is C32H42N4O7. The van der Waals surface area contributed by atoms with E-state index in [4.69, 9.17) is 9.47 Å². The van der Waals surface area contributed by atoms with Crippen LogP contribution in [0.2, 0.25) is 0 Å². The molecule has 0 unspecified atom stereocenters. The van der Waals surface area contributed by atoms with Crippen LogP contribution >= 0.6 is 0 Å². The minimum Gasteiger partial charge on any atom is -0.460 e. The first-order chi connectivity index (χ1) is 20.7. The number of aliphatic hydroxyl groups excluding tert-OH is 1. The molecule has 3 amide bonds. The maximum Gasteiger partial charge on any atom is 0.313 e. The molecule has 0 radical (unpaired) electrons. The van der Waals surface area contributed by atoms with Crippen molar-refractivity contribution in [3.8, 4) is 0 Å². The Labute approximate surface area is 252 Å². The summed E-state index contributed by atoms with van der Waals surface area (Å²) >= 11 is 0. The Morgan fingerprint density at radius 1 is 1.07 bits per heavy atom. The van der Waals surface area contributed by atoms with Gasteiger partial charge in [-0.2, -0.15) is 0 Å². The minimum atomic E-state index is -1.34. The molecule has 2 N–H and O–H groups in total. The molecule has 4 heterocycles. The van der Waals surface area contributed by atoms with Crippen LogP contribution in [0, 0.1) is 11.8 Å². The van der Waals surface area contributed by atoms with E-state index >= 15 is 0 Å². The molecule has 6 atom stereocenters. The summed E-state index contributed by atoms with van der Waals surface area (Å²) in [5.41, 5.74) is 0.340. The largest absolute Gasteiger partial charge is 0.460 e. The summed E-state index contributed by atoms with van der Waals surface area (Å²) in [5.74, 6) is -3.35. The number of likely N-dealkylation sites (tertiary alicyclic amines) is 1. The first-order valence-corrected chi connectivity index (χ1v) is 15.3. The first-order valence-electron chi connectivity index (χ1n) is 15.3. The number of anilines is 2. The van der Waals surface area contributed by atoms with Crippen LogP contribution in [0.4, 0.5) is 11.4 Å². The third-order valence-corrected chi connectivity index (χ3v) is 8.89. The van der Waals surface area contributed by atoms with Crippen molar-refractivity contribution in [3.63, 3.8) is 0 Å². The van der Waals surface area contributed by atoms with Crippen molar-refractivity contribution in [1.29, 1.82) is 0 Å². The number of carbonyl (C=O) groups is 4. The van der Waals surface area contributed by atoms with Gasteiger partial charge in [-0.25, -0.2) is 0 Å². The van der Waals surface area contributed by atoms with Crippen molar-refractivity contribution in [2.45, 2.75) is 63.9 Å². The Hall–Kier alpha value is -3.70. The second-order valence-electron chi connectivity index (χ2n) is 11.5. The number of amides is 3. The molecule has 11 heteroatoms. The van der Waals surface area contributed by atoms with E-state index in [0.717, 1.165) is 18.8 Å². The summed E-state index contributed by atoms with van der Waals surface area (Å²) in [6, 6.07) is 6.69. The molecule has 43 heavy (non-hydrogen) atoms. The van der Waals surface area contributed by atoms with Crippen LogP contribution in [0.25, 0.3) is 0 Å². The van der Waals surface area contributed by atoms with E-state index in [-0.39, 0.29) is 56.8 Å². The Kier molecular flexibility index (Phi) is 9.22. The molecular weight excluding hydrogens is 552 g/mol. The molecule has 5 bridgehead atoms. The van der Waals surface area contributed by atoms with Gasteiger partial charge in [-0.05, 0) is 57.9 Å². The maximum atomic E-state index is 14.7. The quantitative estimate of drug-likeness (QED) is 0.361. The highest BCUT2D eigenvalue weighted by atomic mass is 16.6. The van der Waals surface area contributed by atoms with Gasteiger partial charge < -0.3 is 34.6 Å². The summed E-state index contributed by atoms with van der Waals surface area (Å²) in [6.07, 6.45) is 6.90. The van der Waals surface area contributed by atoms with E-state index in [2.05, 4.69) is 24.1 Å². The van der Waals surface area contributed by atoms with Crippen molar-refractivity contribution < 1.29 is 33.8 Å². The zero-order valence-electron chi connectivity index (χ0n) is 25.1. The van der Waals surface area contributed by atoms with E-state index in [0.29, 0.717) is 12.1 Å². The molecule has 4 aliphatic heterocycles. The van der Waals surface area contributed by atoms with Crippen LogP contribution in [0.5, 0.6) is 0 Å². The maximum absolute atomic E-state index is 14.7. The Morgan fingerprint density at radius 3 is 2.51 bits per heavy atom. The van der Waals surface area contributed by atoms with Gasteiger partial charge in [0.05, 0.1) is 18.6 Å². The number of carbonyl (C=O) groups excluding carboxylic acids is 4. The lowest BCUT2D eigenvalue weighted by Gasteiger charge is -2.36. The normalized spacial score (nSPS) is 31.7. The molecule has 2 fully saturated rings. The molecule has 1 aromatic rings. The molecule has 1 aromatic carbocycles. The molecule has 0 saturated carbocycles. The SMILES string of the molecule is CCN(CC)c1ccc(N2C/C=C\CCC(=O)NC[C@@H](C)OC(=O)[C@@H]3[C@@H]4C=C[C@]5(O4)[C@H](C2=O)N(CCCO)C(=O)[C@@H]35)cc1. The lowest BCUT2D eigenvalue weighted by Crippen LogP contribution is -2.56. The van der Waals surface area contributed by atoms with Crippen molar-refractivity contribution in [3.05, 3.63) is 48.6 Å². The molecule has 1 spiro atoms. The number of fused-ring (bicyclic) bond motifs is 2. The van der Waals surface area contributed by atoms with Crippen LogP contribution < -0.4 is 15.1 Å². The fourth-order valence-electron chi connectivity index (χ4n) is 6.78. The van der Waals surface area contributed by atoms with Gasteiger partial charge in [-0.15, -0.1) is 0 Å². The van der Waals surface area contributed by atoms with Gasteiger partial charge in [0.15, 0.2) is 0 Å². The smallest absolute Gasteiger partial charge is 0.313 e. The topological polar surface area (TPSA) is 129 Å². The zero-order chi connectivity index (χ0) is 30.7. The average molecular weight is 595 g/mol. The average Bonchev–Trinajstić information content (AvgIpc) is 3.64. The third kappa shape index (κ3) is 5.68. The van der Waals surface area contributed by atoms with Gasteiger partial charge in [-0.1, -0.05) is 24.3 Å².